The Bertz CT molecular complexity index is 524. The number of hydrogen-bond donors (Lipinski definition) is 0. The fraction of sp³-hybridized carbons (Fsp3) is 0.667. The number of rotatable bonds is 3. The van der Waals surface area contributed by atoms with Gasteiger partial charge in [-0.05, 0) is 31.7 Å². The van der Waals surface area contributed by atoms with Crippen molar-refractivity contribution in [3.05, 3.63) is 18.0 Å². The zero-order chi connectivity index (χ0) is 14.1. The van der Waals surface area contributed by atoms with Crippen LogP contribution in [0, 0.1) is 22.2 Å². The van der Waals surface area contributed by atoms with Crippen molar-refractivity contribution in [1.29, 1.82) is 5.26 Å². The molecular formula is C15H21N3O. The third kappa shape index (κ3) is 2.42. The fourth-order valence-corrected chi connectivity index (χ4v) is 3.10. The zero-order valence-corrected chi connectivity index (χ0v) is 11.9. The van der Waals surface area contributed by atoms with E-state index in [2.05, 4.69) is 11.2 Å². The molecule has 4 heteroatoms. The third-order valence-corrected chi connectivity index (χ3v) is 4.40. The first kappa shape index (κ1) is 13.8. The Morgan fingerprint density at radius 3 is 2.79 bits per heavy atom. The standard InChI is InChI=1S/C15H21N3O/c1-14(2)7-4-8-15(11-16,13(14)19)9-5-12-6-10-17-18(12)3/h6,10H,4-5,7-9H2,1-3H3. The van der Waals surface area contributed by atoms with Crippen LogP contribution in [0.3, 0.4) is 0 Å². The summed E-state index contributed by atoms with van der Waals surface area (Å²) in [4.78, 5) is 12.6. The van der Waals surface area contributed by atoms with E-state index in [1.807, 2.05) is 31.6 Å². The van der Waals surface area contributed by atoms with Crippen molar-refractivity contribution in [1.82, 2.24) is 9.78 Å². The number of aryl methyl sites for hydroxylation is 2. The number of carbonyl (C=O) groups excluding carboxylic acids is 1. The van der Waals surface area contributed by atoms with Crippen LogP contribution in [0.15, 0.2) is 12.3 Å². The number of ketones is 1. The number of nitriles is 1. The van der Waals surface area contributed by atoms with Crippen molar-refractivity contribution in [3.63, 3.8) is 0 Å². The Morgan fingerprint density at radius 2 is 2.21 bits per heavy atom. The van der Waals surface area contributed by atoms with Gasteiger partial charge in [0.05, 0.1) is 6.07 Å². The molecule has 1 aliphatic carbocycles. The molecule has 1 fully saturated rings. The van der Waals surface area contributed by atoms with E-state index in [-0.39, 0.29) is 11.2 Å². The summed E-state index contributed by atoms with van der Waals surface area (Å²) >= 11 is 0. The molecule has 1 saturated carbocycles. The molecule has 0 amide bonds. The van der Waals surface area contributed by atoms with Crippen LogP contribution in [0.1, 0.15) is 45.2 Å². The quantitative estimate of drug-likeness (QED) is 0.838. The second-order valence-corrected chi connectivity index (χ2v) is 6.21. The first-order valence-electron chi connectivity index (χ1n) is 6.84. The van der Waals surface area contributed by atoms with Crippen molar-refractivity contribution in [2.75, 3.05) is 0 Å². The summed E-state index contributed by atoms with van der Waals surface area (Å²) < 4.78 is 1.81. The van der Waals surface area contributed by atoms with E-state index in [0.29, 0.717) is 12.8 Å². The van der Waals surface area contributed by atoms with Gasteiger partial charge < -0.3 is 0 Å². The highest BCUT2D eigenvalue weighted by atomic mass is 16.1. The predicted octanol–water partition coefficient (Wildman–Crippen LogP) is 2.64. The van der Waals surface area contributed by atoms with Crippen molar-refractivity contribution in [3.8, 4) is 6.07 Å². The van der Waals surface area contributed by atoms with Gasteiger partial charge in [-0.2, -0.15) is 10.4 Å². The summed E-state index contributed by atoms with van der Waals surface area (Å²) in [6.07, 6.45) is 5.63. The van der Waals surface area contributed by atoms with Crippen LogP contribution < -0.4 is 0 Å². The lowest BCUT2D eigenvalue weighted by Crippen LogP contribution is -2.44. The summed E-state index contributed by atoms with van der Waals surface area (Å²) in [5, 5.41) is 13.7. The molecule has 19 heavy (non-hydrogen) atoms. The smallest absolute Gasteiger partial charge is 0.158 e. The van der Waals surface area contributed by atoms with E-state index in [4.69, 9.17) is 0 Å². The molecule has 1 heterocycles. The van der Waals surface area contributed by atoms with Gasteiger partial charge in [-0.3, -0.25) is 9.48 Å². The maximum Gasteiger partial charge on any atom is 0.158 e. The topological polar surface area (TPSA) is 58.7 Å². The maximum absolute atomic E-state index is 12.6. The van der Waals surface area contributed by atoms with Crippen LogP contribution in [0.5, 0.6) is 0 Å². The third-order valence-electron chi connectivity index (χ3n) is 4.40. The van der Waals surface area contributed by atoms with Gasteiger partial charge >= 0.3 is 0 Å². The molecule has 0 saturated heterocycles. The normalized spacial score (nSPS) is 26.1. The van der Waals surface area contributed by atoms with Crippen LogP contribution in [0.2, 0.25) is 0 Å². The lowest BCUT2D eigenvalue weighted by molar-refractivity contribution is -0.138. The summed E-state index contributed by atoms with van der Waals surface area (Å²) in [6.45, 7) is 3.93. The number of carbonyl (C=O) groups is 1. The Hall–Kier alpha value is -1.63. The lowest BCUT2D eigenvalue weighted by atomic mass is 9.61. The summed E-state index contributed by atoms with van der Waals surface area (Å²) in [7, 11) is 1.89. The SMILES string of the molecule is Cn1nccc1CCC1(C#N)CCCC(C)(C)C1=O. The predicted molar refractivity (Wildman–Crippen MR) is 72.2 cm³/mol. The van der Waals surface area contributed by atoms with E-state index in [0.717, 1.165) is 25.0 Å². The average Bonchev–Trinajstić information content (AvgIpc) is 2.77. The summed E-state index contributed by atoms with van der Waals surface area (Å²) in [6, 6.07) is 4.27. The Kier molecular flexibility index (Phi) is 3.49. The summed E-state index contributed by atoms with van der Waals surface area (Å²) in [5.74, 6) is 0.121. The molecule has 0 bridgehead atoms. The minimum Gasteiger partial charge on any atom is -0.297 e. The van der Waals surface area contributed by atoms with Gasteiger partial charge in [0.1, 0.15) is 5.41 Å². The van der Waals surface area contributed by atoms with Gasteiger partial charge in [0.15, 0.2) is 5.78 Å². The monoisotopic (exact) mass is 259 g/mol. The highest BCUT2D eigenvalue weighted by Crippen LogP contribution is 2.45. The minimum absolute atomic E-state index is 0.121. The highest BCUT2D eigenvalue weighted by Gasteiger charge is 2.48. The van der Waals surface area contributed by atoms with Crippen LogP contribution >= 0.6 is 0 Å². The minimum atomic E-state index is -0.800. The van der Waals surface area contributed by atoms with Crippen LogP contribution in [0.25, 0.3) is 0 Å². The maximum atomic E-state index is 12.6. The van der Waals surface area contributed by atoms with E-state index in [1.165, 1.54) is 0 Å². The second kappa shape index (κ2) is 4.80. The molecule has 0 aliphatic heterocycles. The van der Waals surface area contributed by atoms with Crippen molar-refractivity contribution in [2.24, 2.45) is 17.9 Å². The highest BCUT2D eigenvalue weighted by molar-refractivity contribution is 5.92. The second-order valence-electron chi connectivity index (χ2n) is 6.21. The van der Waals surface area contributed by atoms with Gasteiger partial charge in [-0.15, -0.1) is 0 Å². The summed E-state index contributed by atoms with van der Waals surface area (Å²) in [5.41, 5.74) is -0.0854. The van der Waals surface area contributed by atoms with Crippen LogP contribution in [-0.2, 0) is 18.3 Å². The molecule has 102 valence electrons. The largest absolute Gasteiger partial charge is 0.297 e. The molecule has 2 rings (SSSR count). The van der Waals surface area contributed by atoms with Crippen LogP contribution in [-0.4, -0.2) is 15.6 Å². The molecule has 0 radical (unpaired) electrons. The van der Waals surface area contributed by atoms with E-state index in [1.54, 1.807) is 6.20 Å². The molecule has 1 aromatic rings. The first-order chi connectivity index (χ1) is 8.91. The molecule has 1 aliphatic rings. The van der Waals surface area contributed by atoms with Crippen molar-refractivity contribution < 1.29 is 4.79 Å². The van der Waals surface area contributed by atoms with Crippen LogP contribution in [0.4, 0.5) is 0 Å². The van der Waals surface area contributed by atoms with Gasteiger partial charge in [0.2, 0.25) is 0 Å². The zero-order valence-electron chi connectivity index (χ0n) is 11.9. The Morgan fingerprint density at radius 1 is 1.47 bits per heavy atom. The molecular weight excluding hydrogens is 238 g/mol. The van der Waals surface area contributed by atoms with Gasteiger partial charge in [-0.1, -0.05) is 20.3 Å². The number of nitrogens with zero attached hydrogens (tertiary/aromatic N) is 3. The molecule has 1 aromatic heterocycles. The number of aromatic nitrogens is 2. The number of Topliss-reactive ketones (excluding diaryl/α,β-unsaturated/α-hetero) is 1. The molecule has 0 N–H and O–H groups in total. The first-order valence-corrected chi connectivity index (χ1v) is 6.84. The molecule has 0 aromatic carbocycles. The van der Waals surface area contributed by atoms with Crippen molar-refractivity contribution in [2.45, 2.75) is 46.0 Å². The number of hydrogen-bond acceptors (Lipinski definition) is 3. The van der Waals surface area contributed by atoms with Gasteiger partial charge in [-0.25, -0.2) is 0 Å². The molecule has 0 spiro atoms. The Balaban J connectivity index is 2.17. The molecule has 4 nitrogen and oxygen atoms in total. The fourth-order valence-electron chi connectivity index (χ4n) is 3.10. The molecule has 1 unspecified atom stereocenters. The van der Waals surface area contributed by atoms with E-state index in [9.17, 15) is 10.1 Å². The lowest BCUT2D eigenvalue weighted by Gasteiger charge is -2.39. The molecule has 1 atom stereocenters. The average molecular weight is 259 g/mol. The van der Waals surface area contributed by atoms with Gasteiger partial charge in [0.25, 0.3) is 0 Å². The van der Waals surface area contributed by atoms with E-state index < -0.39 is 5.41 Å². The van der Waals surface area contributed by atoms with Gasteiger partial charge in [0, 0.05) is 24.4 Å². The Labute approximate surface area is 114 Å². The van der Waals surface area contributed by atoms with E-state index >= 15 is 0 Å². The van der Waals surface area contributed by atoms with Crippen molar-refractivity contribution >= 4 is 5.78 Å².